The average molecular weight is 330 g/mol. The average Bonchev–Trinajstić information content (AvgIpc) is 2.75. The molecule has 0 unspecified atom stereocenters. The normalized spacial score (nSPS) is 10.6. The molecule has 3 nitrogen and oxygen atoms in total. The van der Waals surface area contributed by atoms with Gasteiger partial charge in [0.15, 0.2) is 0 Å². The zero-order valence-electron chi connectivity index (χ0n) is 10.1. The van der Waals surface area contributed by atoms with Crippen LogP contribution in [0.5, 0.6) is 5.75 Å². The molecule has 96 valence electrons. The minimum absolute atomic E-state index is 0.588. The molecule has 0 aliphatic carbocycles. The molecule has 0 bridgehead atoms. The highest BCUT2D eigenvalue weighted by atomic mass is 79.9. The van der Waals surface area contributed by atoms with Crippen molar-refractivity contribution in [2.75, 3.05) is 6.61 Å². The van der Waals surface area contributed by atoms with Gasteiger partial charge in [-0.3, -0.25) is 0 Å². The summed E-state index contributed by atoms with van der Waals surface area (Å²) >= 11 is 9.53. The zero-order valence-corrected chi connectivity index (χ0v) is 12.4. The van der Waals surface area contributed by atoms with Gasteiger partial charge in [-0.15, -0.1) is 0 Å². The van der Waals surface area contributed by atoms with Crippen LogP contribution in [0.3, 0.4) is 0 Å². The number of ether oxygens (including phenoxy) is 1. The summed E-state index contributed by atoms with van der Waals surface area (Å²) in [5.41, 5.74) is 0.985. The molecule has 1 aromatic heterocycles. The van der Waals surface area contributed by atoms with Crippen molar-refractivity contribution in [2.45, 2.75) is 11.8 Å². The Labute approximate surface area is 120 Å². The number of halogens is 2. The van der Waals surface area contributed by atoms with Gasteiger partial charge in [0, 0.05) is 41.8 Å². The Bertz CT molecular complexity index is 527. The quantitative estimate of drug-likeness (QED) is 0.784. The predicted octanol–water partition coefficient (Wildman–Crippen LogP) is 3.59. The summed E-state index contributed by atoms with van der Waals surface area (Å²) in [6.07, 6.45) is 4.50. The maximum absolute atomic E-state index is 6.11. The van der Waals surface area contributed by atoms with Gasteiger partial charge in [0.05, 0.1) is 6.61 Å². The first-order chi connectivity index (χ1) is 8.72. The maximum atomic E-state index is 6.11. The van der Waals surface area contributed by atoms with Gasteiger partial charge in [-0.1, -0.05) is 33.6 Å². The third-order valence-electron chi connectivity index (χ3n) is 2.71. The lowest BCUT2D eigenvalue weighted by Gasteiger charge is -2.11. The molecule has 5 heteroatoms. The Morgan fingerprint density at radius 1 is 1.44 bits per heavy atom. The minimum Gasteiger partial charge on any atom is -0.493 e. The van der Waals surface area contributed by atoms with Gasteiger partial charge >= 0.3 is 0 Å². The van der Waals surface area contributed by atoms with Crippen molar-refractivity contribution in [1.29, 1.82) is 0 Å². The number of aromatic nitrogens is 2. The SMILES string of the molecule is Cn1ccnc1CCOc1cccc(Cl)c1CBr. The lowest BCUT2D eigenvalue weighted by atomic mass is 10.2. The number of benzene rings is 1. The van der Waals surface area contributed by atoms with Crippen LogP contribution >= 0.6 is 27.5 Å². The van der Waals surface area contributed by atoms with E-state index >= 15 is 0 Å². The van der Waals surface area contributed by atoms with Crippen molar-refractivity contribution in [3.8, 4) is 5.75 Å². The fourth-order valence-corrected chi connectivity index (χ4v) is 2.67. The highest BCUT2D eigenvalue weighted by Crippen LogP contribution is 2.28. The number of aryl methyl sites for hydroxylation is 1. The fraction of sp³-hybridized carbons (Fsp3) is 0.308. The number of imidazole rings is 1. The van der Waals surface area contributed by atoms with Crippen LogP contribution < -0.4 is 4.74 Å². The van der Waals surface area contributed by atoms with Gasteiger partial charge in [-0.25, -0.2) is 4.98 Å². The largest absolute Gasteiger partial charge is 0.493 e. The number of hydrogen-bond donors (Lipinski definition) is 0. The molecule has 0 saturated heterocycles. The van der Waals surface area contributed by atoms with Gasteiger partial charge in [0.2, 0.25) is 0 Å². The van der Waals surface area contributed by atoms with Crippen molar-refractivity contribution >= 4 is 27.5 Å². The first kappa shape index (κ1) is 13.4. The van der Waals surface area contributed by atoms with E-state index in [1.54, 1.807) is 6.20 Å². The van der Waals surface area contributed by atoms with Crippen LogP contribution in [0.25, 0.3) is 0 Å². The topological polar surface area (TPSA) is 27.1 Å². The second kappa shape index (κ2) is 6.25. The van der Waals surface area contributed by atoms with Crippen LogP contribution in [-0.2, 0) is 18.8 Å². The van der Waals surface area contributed by atoms with Crippen molar-refractivity contribution in [1.82, 2.24) is 9.55 Å². The Kier molecular flexibility index (Phi) is 4.66. The summed E-state index contributed by atoms with van der Waals surface area (Å²) in [4.78, 5) is 4.25. The zero-order chi connectivity index (χ0) is 13.0. The van der Waals surface area contributed by atoms with E-state index in [1.807, 2.05) is 36.0 Å². The molecule has 0 spiro atoms. The van der Waals surface area contributed by atoms with Gasteiger partial charge in [-0.2, -0.15) is 0 Å². The Morgan fingerprint density at radius 3 is 2.94 bits per heavy atom. The Balaban J connectivity index is 1.98. The molecule has 0 atom stereocenters. The van der Waals surface area contributed by atoms with Crippen molar-refractivity contribution in [2.24, 2.45) is 7.05 Å². The molecule has 18 heavy (non-hydrogen) atoms. The third kappa shape index (κ3) is 3.06. The van der Waals surface area contributed by atoms with Crippen LogP contribution in [0.2, 0.25) is 5.02 Å². The third-order valence-corrected chi connectivity index (χ3v) is 3.63. The molecule has 1 heterocycles. The smallest absolute Gasteiger partial charge is 0.124 e. The molecule has 0 aliphatic heterocycles. The van der Waals surface area contributed by atoms with Crippen molar-refractivity contribution < 1.29 is 4.74 Å². The lowest BCUT2D eigenvalue weighted by Crippen LogP contribution is -2.07. The first-order valence-corrected chi connectivity index (χ1v) is 7.14. The highest BCUT2D eigenvalue weighted by molar-refractivity contribution is 9.08. The van der Waals surface area contributed by atoms with Gasteiger partial charge in [0.25, 0.3) is 0 Å². The van der Waals surface area contributed by atoms with Crippen LogP contribution in [-0.4, -0.2) is 16.2 Å². The Hall–Kier alpha value is -1.000. The number of alkyl halides is 1. The predicted molar refractivity (Wildman–Crippen MR) is 76.5 cm³/mol. The second-order valence-corrected chi connectivity index (χ2v) is 4.87. The highest BCUT2D eigenvalue weighted by Gasteiger charge is 2.07. The monoisotopic (exact) mass is 328 g/mol. The van der Waals surface area contributed by atoms with E-state index in [1.165, 1.54) is 0 Å². The van der Waals surface area contributed by atoms with E-state index < -0.39 is 0 Å². The number of hydrogen-bond acceptors (Lipinski definition) is 2. The van der Waals surface area contributed by atoms with E-state index in [2.05, 4.69) is 20.9 Å². The number of nitrogens with zero attached hydrogens (tertiary/aromatic N) is 2. The molecule has 0 radical (unpaired) electrons. The second-order valence-electron chi connectivity index (χ2n) is 3.90. The summed E-state index contributed by atoms with van der Waals surface area (Å²) < 4.78 is 7.76. The van der Waals surface area contributed by atoms with Crippen LogP contribution in [0.4, 0.5) is 0 Å². The van der Waals surface area contributed by atoms with Crippen molar-refractivity contribution in [3.05, 3.63) is 47.0 Å². The molecule has 0 aliphatic rings. The molecule has 2 aromatic rings. The van der Waals surface area contributed by atoms with E-state index in [9.17, 15) is 0 Å². The molecule has 0 saturated carbocycles. The summed E-state index contributed by atoms with van der Waals surface area (Å²) in [6, 6.07) is 5.69. The van der Waals surface area contributed by atoms with Crippen LogP contribution in [0.1, 0.15) is 11.4 Å². The fourth-order valence-electron chi connectivity index (χ4n) is 1.69. The van der Waals surface area contributed by atoms with Crippen LogP contribution in [0, 0.1) is 0 Å². The maximum Gasteiger partial charge on any atom is 0.124 e. The molecule has 0 N–H and O–H groups in total. The summed E-state index contributed by atoms with van der Waals surface area (Å²) in [7, 11) is 1.98. The van der Waals surface area contributed by atoms with E-state index in [-0.39, 0.29) is 0 Å². The van der Waals surface area contributed by atoms with E-state index in [0.717, 1.165) is 28.6 Å². The first-order valence-electron chi connectivity index (χ1n) is 5.64. The van der Waals surface area contributed by atoms with E-state index in [4.69, 9.17) is 16.3 Å². The Morgan fingerprint density at radius 2 is 2.28 bits per heavy atom. The molecule has 0 fully saturated rings. The van der Waals surface area contributed by atoms with Crippen LogP contribution in [0.15, 0.2) is 30.6 Å². The molecular weight excluding hydrogens is 316 g/mol. The standard InChI is InChI=1S/C13H14BrClN2O/c1-17-7-6-16-13(17)5-8-18-12-4-2-3-11(15)10(12)9-14/h2-4,6-7H,5,8-9H2,1H3. The van der Waals surface area contributed by atoms with Gasteiger partial charge in [0.1, 0.15) is 11.6 Å². The molecular formula is C13H14BrClN2O. The van der Waals surface area contributed by atoms with Gasteiger partial charge in [-0.05, 0) is 12.1 Å². The summed E-state index contributed by atoms with van der Waals surface area (Å²) in [5.74, 6) is 1.84. The molecule has 1 aromatic carbocycles. The van der Waals surface area contributed by atoms with E-state index in [0.29, 0.717) is 11.9 Å². The summed E-state index contributed by atoms with van der Waals surface area (Å²) in [5, 5.41) is 1.41. The summed E-state index contributed by atoms with van der Waals surface area (Å²) in [6.45, 7) is 0.588. The molecule has 2 rings (SSSR count). The van der Waals surface area contributed by atoms with Gasteiger partial charge < -0.3 is 9.30 Å². The number of rotatable bonds is 5. The van der Waals surface area contributed by atoms with Crippen molar-refractivity contribution in [3.63, 3.8) is 0 Å². The molecule has 0 amide bonds. The minimum atomic E-state index is 0.588. The lowest BCUT2D eigenvalue weighted by molar-refractivity contribution is 0.315.